The maximum Gasteiger partial charge on any atom is 0.142 e. The van der Waals surface area contributed by atoms with Crippen LogP contribution in [-0.2, 0) is 11.8 Å². The van der Waals surface area contributed by atoms with E-state index in [9.17, 15) is 0 Å². The lowest BCUT2D eigenvalue weighted by atomic mass is 10.3. The van der Waals surface area contributed by atoms with Gasteiger partial charge in [-0.3, -0.25) is 0 Å². The van der Waals surface area contributed by atoms with E-state index in [-0.39, 0.29) is 6.10 Å². The van der Waals surface area contributed by atoms with Gasteiger partial charge in [-0.15, -0.1) is 0 Å². The molecule has 0 bridgehead atoms. The molecule has 1 saturated heterocycles. The molecule has 3 nitrogen and oxygen atoms in total. The molecule has 0 saturated carbocycles. The van der Waals surface area contributed by atoms with Crippen molar-refractivity contribution < 1.29 is 4.74 Å². The average molecular weight is 138 g/mol. The van der Waals surface area contributed by atoms with Crippen LogP contribution in [0.3, 0.4) is 0 Å². The molecule has 1 aromatic rings. The van der Waals surface area contributed by atoms with Crippen LogP contribution >= 0.6 is 0 Å². The molecule has 2 heterocycles. The summed E-state index contributed by atoms with van der Waals surface area (Å²) in [5, 5.41) is 0. The molecule has 0 spiro atoms. The smallest absolute Gasteiger partial charge is 0.142 e. The van der Waals surface area contributed by atoms with Crippen molar-refractivity contribution in [2.24, 2.45) is 7.05 Å². The van der Waals surface area contributed by atoms with E-state index in [1.807, 2.05) is 17.8 Å². The number of aromatic nitrogens is 2. The van der Waals surface area contributed by atoms with Gasteiger partial charge in [0.05, 0.1) is 6.10 Å². The second-order valence-corrected chi connectivity index (χ2v) is 2.66. The topological polar surface area (TPSA) is 30.4 Å². The van der Waals surface area contributed by atoms with Gasteiger partial charge in [-0.1, -0.05) is 0 Å². The van der Waals surface area contributed by atoms with Crippen LogP contribution in [0.15, 0.2) is 12.4 Å². The van der Waals surface area contributed by atoms with Crippen LogP contribution in [0.2, 0.25) is 0 Å². The standard InChI is InChI=1S/C7H10N2O/c1-5-6(10-5)7-8-3-4-9(7)2/h3-6H,1-2H3. The zero-order chi connectivity index (χ0) is 7.14. The predicted octanol–water partition coefficient (Wildman–Crippen LogP) is 0.880. The van der Waals surface area contributed by atoms with Crippen molar-refractivity contribution in [3.8, 4) is 0 Å². The molecule has 3 heteroatoms. The van der Waals surface area contributed by atoms with Gasteiger partial charge >= 0.3 is 0 Å². The maximum absolute atomic E-state index is 5.26. The Kier molecular flexibility index (Phi) is 1.08. The van der Waals surface area contributed by atoms with Crippen molar-refractivity contribution in [3.05, 3.63) is 18.2 Å². The Morgan fingerprint density at radius 1 is 1.70 bits per heavy atom. The van der Waals surface area contributed by atoms with Crippen LogP contribution in [-0.4, -0.2) is 15.7 Å². The third-order valence-electron chi connectivity index (χ3n) is 1.82. The summed E-state index contributed by atoms with van der Waals surface area (Å²) in [6, 6.07) is 0. The van der Waals surface area contributed by atoms with Gasteiger partial charge in [0.25, 0.3) is 0 Å². The molecular weight excluding hydrogens is 128 g/mol. The predicted molar refractivity (Wildman–Crippen MR) is 36.5 cm³/mol. The average Bonchev–Trinajstić information content (AvgIpc) is 2.42. The molecule has 0 aromatic carbocycles. The van der Waals surface area contributed by atoms with E-state index in [0.717, 1.165) is 5.82 Å². The molecule has 54 valence electrons. The molecule has 1 aliphatic rings. The van der Waals surface area contributed by atoms with Crippen molar-refractivity contribution in [2.45, 2.75) is 19.1 Å². The quantitative estimate of drug-likeness (QED) is 0.539. The van der Waals surface area contributed by atoms with Crippen LogP contribution < -0.4 is 0 Å². The summed E-state index contributed by atoms with van der Waals surface area (Å²) in [4.78, 5) is 4.17. The fourth-order valence-electron chi connectivity index (χ4n) is 1.11. The first-order valence-corrected chi connectivity index (χ1v) is 3.41. The van der Waals surface area contributed by atoms with E-state index in [4.69, 9.17) is 4.74 Å². The zero-order valence-electron chi connectivity index (χ0n) is 6.11. The highest BCUT2D eigenvalue weighted by atomic mass is 16.6. The van der Waals surface area contributed by atoms with Gasteiger partial charge in [0.1, 0.15) is 11.9 Å². The maximum atomic E-state index is 5.26. The summed E-state index contributed by atoms with van der Waals surface area (Å²) in [5.41, 5.74) is 0. The number of imidazole rings is 1. The first-order valence-electron chi connectivity index (χ1n) is 3.41. The number of nitrogens with zero attached hydrogens (tertiary/aromatic N) is 2. The van der Waals surface area contributed by atoms with Crippen LogP contribution in [0, 0.1) is 0 Å². The van der Waals surface area contributed by atoms with Crippen LogP contribution in [0.4, 0.5) is 0 Å². The number of epoxide rings is 1. The summed E-state index contributed by atoms with van der Waals surface area (Å²) >= 11 is 0. The lowest BCUT2D eigenvalue weighted by molar-refractivity contribution is 0.374. The number of ether oxygens (including phenoxy) is 1. The highest BCUT2D eigenvalue weighted by Gasteiger charge is 2.38. The Hall–Kier alpha value is -0.830. The van der Waals surface area contributed by atoms with Crippen molar-refractivity contribution >= 4 is 0 Å². The largest absolute Gasteiger partial charge is 0.361 e. The van der Waals surface area contributed by atoms with E-state index in [1.165, 1.54) is 0 Å². The van der Waals surface area contributed by atoms with Gasteiger partial charge in [-0.05, 0) is 6.92 Å². The lowest BCUT2D eigenvalue weighted by Gasteiger charge is -1.93. The molecule has 0 N–H and O–H groups in total. The minimum absolute atomic E-state index is 0.250. The molecule has 10 heavy (non-hydrogen) atoms. The van der Waals surface area contributed by atoms with Crippen molar-refractivity contribution in [1.29, 1.82) is 0 Å². The SMILES string of the molecule is CC1OC1c1nccn1C. The first-order chi connectivity index (χ1) is 4.79. The summed E-state index contributed by atoms with van der Waals surface area (Å²) in [6.45, 7) is 2.05. The second-order valence-electron chi connectivity index (χ2n) is 2.66. The van der Waals surface area contributed by atoms with E-state index in [2.05, 4.69) is 11.9 Å². The summed E-state index contributed by atoms with van der Waals surface area (Å²) in [6.07, 6.45) is 4.34. The second kappa shape index (κ2) is 1.83. The van der Waals surface area contributed by atoms with Crippen LogP contribution in [0.1, 0.15) is 18.9 Å². The van der Waals surface area contributed by atoms with E-state index in [1.54, 1.807) is 6.20 Å². The Morgan fingerprint density at radius 3 is 2.80 bits per heavy atom. The van der Waals surface area contributed by atoms with Gasteiger partial charge in [0.2, 0.25) is 0 Å². The highest BCUT2D eigenvalue weighted by molar-refractivity contribution is 5.04. The molecule has 2 rings (SSSR count). The van der Waals surface area contributed by atoms with E-state index < -0.39 is 0 Å². The lowest BCUT2D eigenvalue weighted by Crippen LogP contribution is -1.95. The summed E-state index contributed by atoms with van der Waals surface area (Å²) < 4.78 is 7.25. The Morgan fingerprint density at radius 2 is 2.40 bits per heavy atom. The highest BCUT2D eigenvalue weighted by Crippen LogP contribution is 2.36. The van der Waals surface area contributed by atoms with Crippen molar-refractivity contribution in [3.63, 3.8) is 0 Å². The minimum atomic E-state index is 0.250. The molecule has 1 fully saturated rings. The number of hydrogen-bond acceptors (Lipinski definition) is 2. The molecule has 2 unspecified atom stereocenters. The summed E-state index contributed by atoms with van der Waals surface area (Å²) in [5.74, 6) is 1.03. The Labute approximate surface area is 59.6 Å². The van der Waals surface area contributed by atoms with E-state index >= 15 is 0 Å². The van der Waals surface area contributed by atoms with Gasteiger partial charge in [-0.25, -0.2) is 4.98 Å². The van der Waals surface area contributed by atoms with Crippen molar-refractivity contribution in [2.75, 3.05) is 0 Å². The molecule has 1 aromatic heterocycles. The fourth-order valence-corrected chi connectivity index (χ4v) is 1.11. The molecule has 0 radical (unpaired) electrons. The minimum Gasteiger partial charge on any atom is -0.361 e. The molecule has 0 aliphatic carbocycles. The first kappa shape index (κ1) is 5.92. The molecule has 0 amide bonds. The van der Waals surface area contributed by atoms with Gasteiger partial charge in [-0.2, -0.15) is 0 Å². The number of aryl methyl sites for hydroxylation is 1. The summed E-state index contributed by atoms with van der Waals surface area (Å²) in [7, 11) is 1.98. The molecular formula is C7H10N2O. The van der Waals surface area contributed by atoms with Crippen LogP contribution in [0.25, 0.3) is 0 Å². The monoisotopic (exact) mass is 138 g/mol. The Balaban J connectivity index is 2.26. The fraction of sp³-hybridized carbons (Fsp3) is 0.571. The van der Waals surface area contributed by atoms with Gasteiger partial charge in [0, 0.05) is 19.4 Å². The van der Waals surface area contributed by atoms with Crippen molar-refractivity contribution in [1.82, 2.24) is 9.55 Å². The normalized spacial score (nSPS) is 30.6. The van der Waals surface area contributed by atoms with Gasteiger partial charge < -0.3 is 9.30 Å². The molecule has 2 atom stereocenters. The third-order valence-corrected chi connectivity index (χ3v) is 1.82. The van der Waals surface area contributed by atoms with Crippen LogP contribution in [0.5, 0.6) is 0 Å². The Bertz CT molecular complexity index is 244. The van der Waals surface area contributed by atoms with Gasteiger partial charge in [0.15, 0.2) is 0 Å². The third kappa shape index (κ3) is 0.743. The zero-order valence-corrected chi connectivity index (χ0v) is 6.11. The number of rotatable bonds is 1. The number of hydrogen-bond donors (Lipinski definition) is 0. The van der Waals surface area contributed by atoms with E-state index in [0.29, 0.717) is 6.10 Å². The molecule has 1 aliphatic heterocycles.